The molecule has 0 saturated carbocycles. The zero-order valence-corrected chi connectivity index (χ0v) is 17.5. The number of amides is 1. The fraction of sp³-hybridized carbons (Fsp3) is 0.125. The minimum Gasteiger partial charge on any atom is -0.497 e. The average molecular weight is 432 g/mol. The summed E-state index contributed by atoms with van der Waals surface area (Å²) in [6.45, 7) is 0.160. The third kappa shape index (κ3) is 5.55. The van der Waals surface area contributed by atoms with E-state index >= 15 is 0 Å². The van der Waals surface area contributed by atoms with E-state index in [1.807, 2.05) is 6.07 Å². The summed E-state index contributed by atoms with van der Waals surface area (Å²) in [7, 11) is 2.93. The predicted octanol–water partition coefficient (Wildman–Crippen LogP) is 3.74. The smallest absolute Gasteiger partial charge is 0.343 e. The predicted molar refractivity (Wildman–Crippen MR) is 115 cm³/mol. The van der Waals surface area contributed by atoms with Crippen LogP contribution in [0.3, 0.4) is 0 Å². The molecule has 0 unspecified atom stereocenters. The van der Waals surface area contributed by atoms with E-state index in [0.29, 0.717) is 22.6 Å². The maximum atomic E-state index is 12.5. The third-order valence-corrected chi connectivity index (χ3v) is 4.38. The number of rotatable bonds is 8. The zero-order valence-electron chi connectivity index (χ0n) is 17.5. The molecule has 0 spiro atoms. The van der Waals surface area contributed by atoms with E-state index < -0.39 is 11.9 Å². The fourth-order valence-corrected chi connectivity index (χ4v) is 2.76. The first-order valence-electron chi connectivity index (χ1n) is 9.50. The molecule has 8 nitrogen and oxygen atoms in total. The second kappa shape index (κ2) is 10.5. The van der Waals surface area contributed by atoms with Gasteiger partial charge in [0.2, 0.25) is 0 Å². The number of benzene rings is 2. The summed E-state index contributed by atoms with van der Waals surface area (Å²) in [6.07, 6.45) is 2.91. The van der Waals surface area contributed by atoms with E-state index in [-0.39, 0.29) is 23.6 Å². The molecule has 3 aromatic rings. The summed E-state index contributed by atoms with van der Waals surface area (Å²) in [5, 5.41) is 12.0. The van der Waals surface area contributed by atoms with Gasteiger partial charge in [-0.25, -0.2) is 4.79 Å². The molecule has 0 aliphatic heterocycles. The second-order valence-electron chi connectivity index (χ2n) is 6.46. The Balaban J connectivity index is 1.75. The summed E-state index contributed by atoms with van der Waals surface area (Å²) < 4.78 is 21.0. The summed E-state index contributed by atoms with van der Waals surface area (Å²) in [5.41, 5.74) is 0.739. The lowest BCUT2D eigenvalue weighted by Crippen LogP contribution is -2.23. The van der Waals surface area contributed by atoms with Crippen LogP contribution in [0.25, 0.3) is 6.08 Å². The minimum atomic E-state index is -0.583. The van der Waals surface area contributed by atoms with Gasteiger partial charge in [-0.15, -0.1) is 0 Å². The number of ether oxygens (including phenoxy) is 3. The molecular formula is C24H20N2O6. The Labute approximate surface area is 184 Å². The highest BCUT2D eigenvalue weighted by Crippen LogP contribution is 2.30. The van der Waals surface area contributed by atoms with Crippen molar-refractivity contribution in [1.29, 1.82) is 5.26 Å². The van der Waals surface area contributed by atoms with Gasteiger partial charge in [-0.2, -0.15) is 5.26 Å². The van der Waals surface area contributed by atoms with Crippen molar-refractivity contribution in [2.75, 3.05) is 14.2 Å². The topological polar surface area (TPSA) is 111 Å². The van der Waals surface area contributed by atoms with Crippen LogP contribution in [0.15, 0.2) is 70.9 Å². The van der Waals surface area contributed by atoms with Crippen molar-refractivity contribution in [3.8, 4) is 23.3 Å². The van der Waals surface area contributed by atoms with Gasteiger partial charge in [0, 0.05) is 0 Å². The van der Waals surface area contributed by atoms with Crippen LogP contribution in [-0.2, 0) is 11.3 Å². The maximum Gasteiger partial charge on any atom is 0.343 e. The van der Waals surface area contributed by atoms with Gasteiger partial charge in [0.15, 0.2) is 11.5 Å². The van der Waals surface area contributed by atoms with Crippen molar-refractivity contribution in [3.05, 3.63) is 83.3 Å². The van der Waals surface area contributed by atoms with Crippen LogP contribution in [0.5, 0.6) is 17.2 Å². The summed E-state index contributed by atoms with van der Waals surface area (Å²) in [5.74, 6) is 0.430. The second-order valence-corrected chi connectivity index (χ2v) is 6.46. The van der Waals surface area contributed by atoms with Crippen molar-refractivity contribution >= 4 is 18.0 Å². The first kappa shape index (κ1) is 22.2. The van der Waals surface area contributed by atoms with Gasteiger partial charge in [0.05, 0.1) is 32.6 Å². The van der Waals surface area contributed by atoms with Crippen LogP contribution in [0, 0.1) is 11.3 Å². The van der Waals surface area contributed by atoms with Gasteiger partial charge in [-0.3, -0.25) is 4.79 Å². The molecule has 0 radical (unpaired) electrons. The SMILES string of the molecule is COc1cccc(C(=O)Oc2ccc(/C=C(\C#N)C(=O)NCc3ccco3)cc2OC)c1. The number of carbonyl (C=O) groups is 2. The van der Waals surface area contributed by atoms with Crippen molar-refractivity contribution in [1.82, 2.24) is 5.32 Å². The van der Waals surface area contributed by atoms with Gasteiger partial charge in [-0.05, 0) is 54.1 Å². The van der Waals surface area contributed by atoms with Gasteiger partial charge < -0.3 is 23.9 Å². The Morgan fingerprint density at radius 1 is 1.06 bits per heavy atom. The van der Waals surface area contributed by atoms with Gasteiger partial charge in [0.1, 0.15) is 23.2 Å². The number of esters is 1. The number of nitriles is 1. The molecule has 162 valence electrons. The molecule has 1 N–H and O–H groups in total. The lowest BCUT2D eigenvalue weighted by molar-refractivity contribution is -0.117. The highest BCUT2D eigenvalue weighted by molar-refractivity contribution is 6.01. The monoisotopic (exact) mass is 432 g/mol. The van der Waals surface area contributed by atoms with Crippen molar-refractivity contribution in [2.45, 2.75) is 6.54 Å². The van der Waals surface area contributed by atoms with E-state index in [1.165, 1.54) is 32.6 Å². The van der Waals surface area contributed by atoms with Crippen LogP contribution in [0.1, 0.15) is 21.7 Å². The van der Waals surface area contributed by atoms with E-state index in [4.69, 9.17) is 18.6 Å². The van der Waals surface area contributed by atoms with Gasteiger partial charge in [-0.1, -0.05) is 12.1 Å². The number of carbonyl (C=O) groups excluding carboxylic acids is 2. The van der Waals surface area contributed by atoms with Crippen LogP contribution in [-0.4, -0.2) is 26.1 Å². The molecule has 8 heteroatoms. The fourth-order valence-electron chi connectivity index (χ4n) is 2.76. The van der Waals surface area contributed by atoms with Crippen LogP contribution >= 0.6 is 0 Å². The molecule has 3 rings (SSSR count). The maximum absolute atomic E-state index is 12.5. The van der Waals surface area contributed by atoms with Crippen molar-refractivity contribution in [2.24, 2.45) is 0 Å². The van der Waals surface area contributed by atoms with Crippen LogP contribution in [0.4, 0.5) is 0 Å². The quantitative estimate of drug-likeness (QED) is 0.250. The molecule has 0 aliphatic rings. The van der Waals surface area contributed by atoms with Gasteiger partial charge in [0.25, 0.3) is 5.91 Å². The molecule has 2 aromatic carbocycles. The molecule has 1 aromatic heterocycles. The largest absolute Gasteiger partial charge is 0.497 e. The Kier molecular flexibility index (Phi) is 7.28. The molecule has 0 saturated heterocycles. The van der Waals surface area contributed by atoms with E-state index in [2.05, 4.69) is 5.32 Å². The molecule has 0 aliphatic carbocycles. The van der Waals surface area contributed by atoms with Crippen LogP contribution in [0.2, 0.25) is 0 Å². The first-order chi connectivity index (χ1) is 15.5. The number of methoxy groups -OCH3 is 2. The minimum absolute atomic E-state index is 0.0975. The molecule has 0 bridgehead atoms. The lowest BCUT2D eigenvalue weighted by atomic mass is 10.1. The summed E-state index contributed by atoms with van der Waals surface area (Å²) in [6, 6.07) is 16.6. The number of hydrogen-bond donors (Lipinski definition) is 1. The van der Waals surface area contributed by atoms with E-state index in [0.717, 1.165) is 0 Å². The number of hydrogen-bond acceptors (Lipinski definition) is 7. The Bertz CT molecular complexity index is 1180. The van der Waals surface area contributed by atoms with Crippen molar-refractivity contribution < 1.29 is 28.2 Å². The molecule has 1 amide bonds. The standard InChI is InChI=1S/C24H20N2O6/c1-29-19-6-3-5-17(13-19)24(28)32-21-9-8-16(12-22(21)30-2)11-18(14-25)23(27)26-15-20-7-4-10-31-20/h3-13H,15H2,1-2H3,(H,26,27)/b18-11+. The van der Waals surface area contributed by atoms with E-state index in [9.17, 15) is 14.9 Å². The molecular weight excluding hydrogens is 412 g/mol. The molecule has 0 atom stereocenters. The summed E-state index contributed by atoms with van der Waals surface area (Å²) in [4.78, 5) is 24.8. The number of furan rings is 1. The van der Waals surface area contributed by atoms with Gasteiger partial charge >= 0.3 is 5.97 Å². The van der Waals surface area contributed by atoms with E-state index in [1.54, 1.807) is 48.5 Å². The third-order valence-electron chi connectivity index (χ3n) is 4.38. The highest BCUT2D eigenvalue weighted by Gasteiger charge is 2.15. The average Bonchev–Trinajstić information content (AvgIpc) is 3.35. The molecule has 0 fully saturated rings. The lowest BCUT2D eigenvalue weighted by Gasteiger charge is -2.11. The highest BCUT2D eigenvalue weighted by atomic mass is 16.6. The molecule has 32 heavy (non-hydrogen) atoms. The Hall–Kier alpha value is -4.51. The Morgan fingerprint density at radius 2 is 1.91 bits per heavy atom. The summed E-state index contributed by atoms with van der Waals surface area (Å²) >= 11 is 0. The number of nitrogens with one attached hydrogen (secondary N) is 1. The normalized spacial score (nSPS) is 10.7. The Morgan fingerprint density at radius 3 is 2.59 bits per heavy atom. The first-order valence-corrected chi connectivity index (χ1v) is 9.50. The van der Waals surface area contributed by atoms with Crippen molar-refractivity contribution in [3.63, 3.8) is 0 Å². The van der Waals surface area contributed by atoms with Crippen LogP contribution < -0.4 is 19.5 Å². The molecule has 1 heterocycles. The number of nitrogens with zero attached hydrogens (tertiary/aromatic N) is 1. The zero-order chi connectivity index (χ0) is 22.9.